The molecule has 2 aliphatic rings. The van der Waals surface area contributed by atoms with Gasteiger partial charge in [-0.3, -0.25) is 9.59 Å². The zero-order chi connectivity index (χ0) is 18.8. The monoisotopic (exact) mass is 399 g/mol. The van der Waals surface area contributed by atoms with Crippen molar-refractivity contribution >= 4 is 29.9 Å². The average molecular weight is 400 g/mol. The first-order valence-electron chi connectivity index (χ1n) is 9.62. The van der Waals surface area contributed by atoms with Crippen LogP contribution >= 0.6 is 12.4 Å². The molecule has 0 aliphatic carbocycles. The van der Waals surface area contributed by atoms with Crippen LogP contribution in [0.1, 0.15) is 35.6 Å². The minimum atomic E-state index is -0.292. The standard InChI is InChI=1S/C22H25N3O2.ClH/c1-2-15-4-7-20(8-5-15)25-14-19(10-21(25)26)22(27)24-11-16-3-6-17-12-23-13-18(17)9-16;/h3-9,19,23H,2,10-14H2,1H3,(H,24,27);1H. The highest BCUT2D eigenvalue weighted by atomic mass is 35.5. The van der Waals surface area contributed by atoms with E-state index in [-0.39, 0.29) is 36.6 Å². The van der Waals surface area contributed by atoms with Crippen LogP contribution in [0.15, 0.2) is 42.5 Å². The van der Waals surface area contributed by atoms with Crippen molar-refractivity contribution in [1.29, 1.82) is 0 Å². The number of anilines is 1. The molecule has 1 fully saturated rings. The number of carbonyl (C=O) groups is 2. The Hall–Kier alpha value is -2.37. The summed E-state index contributed by atoms with van der Waals surface area (Å²) in [4.78, 5) is 26.7. The molecule has 0 saturated carbocycles. The van der Waals surface area contributed by atoms with Crippen LogP contribution in [-0.2, 0) is 35.6 Å². The highest BCUT2D eigenvalue weighted by Gasteiger charge is 2.35. The summed E-state index contributed by atoms with van der Waals surface area (Å²) in [6.07, 6.45) is 1.24. The van der Waals surface area contributed by atoms with Crippen LogP contribution in [0, 0.1) is 5.92 Å². The minimum absolute atomic E-state index is 0. The summed E-state index contributed by atoms with van der Waals surface area (Å²) in [7, 11) is 0. The van der Waals surface area contributed by atoms with E-state index in [1.807, 2.05) is 24.3 Å². The predicted octanol–water partition coefficient (Wildman–Crippen LogP) is 2.94. The molecule has 0 bridgehead atoms. The van der Waals surface area contributed by atoms with Crippen LogP contribution in [0.3, 0.4) is 0 Å². The maximum Gasteiger partial charge on any atom is 0.227 e. The molecule has 0 radical (unpaired) electrons. The molecule has 28 heavy (non-hydrogen) atoms. The third kappa shape index (κ3) is 4.21. The maximum absolute atomic E-state index is 12.6. The van der Waals surface area contributed by atoms with E-state index < -0.39 is 0 Å². The number of benzene rings is 2. The van der Waals surface area contributed by atoms with Gasteiger partial charge in [0.25, 0.3) is 0 Å². The second kappa shape index (κ2) is 8.76. The summed E-state index contributed by atoms with van der Waals surface area (Å²) in [5.41, 5.74) is 5.85. The largest absolute Gasteiger partial charge is 0.352 e. The summed E-state index contributed by atoms with van der Waals surface area (Å²) in [5, 5.41) is 6.33. The van der Waals surface area contributed by atoms with Gasteiger partial charge in [0, 0.05) is 38.3 Å². The molecule has 0 aromatic heterocycles. The highest BCUT2D eigenvalue weighted by Crippen LogP contribution is 2.26. The quantitative estimate of drug-likeness (QED) is 0.812. The lowest BCUT2D eigenvalue weighted by molar-refractivity contribution is -0.126. The van der Waals surface area contributed by atoms with Crippen molar-refractivity contribution in [2.24, 2.45) is 5.92 Å². The second-order valence-corrected chi connectivity index (χ2v) is 7.35. The van der Waals surface area contributed by atoms with E-state index in [0.717, 1.165) is 30.8 Å². The third-order valence-electron chi connectivity index (χ3n) is 5.52. The van der Waals surface area contributed by atoms with E-state index in [1.54, 1.807) is 4.90 Å². The number of halogens is 1. The van der Waals surface area contributed by atoms with Gasteiger partial charge in [0.2, 0.25) is 11.8 Å². The fraction of sp³-hybridized carbons (Fsp3) is 0.364. The van der Waals surface area contributed by atoms with Gasteiger partial charge in [-0.2, -0.15) is 0 Å². The Morgan fingerprint density at radius 2 is 1.82 bits per heavy atom. The molecule has 2 aromatic rings. The molecular formula is C22H26ClN3O2. The summed E-state index contributed by atoms with van der Waals surface area (Å²) in [6.45, 7) is 4.86. The molecule has 2 N–H and O–H groups in total. The Balaban J connectivity index is 0.00000225. The number of carbonyl (C=O) groups excluding carboxylic acids is 2. The van der Waals surface area contributed by atoms with Crippen molar-refractivity contribution in [1.82, 2.24) is 10.6 Å². The van der Waals surface area contributed by atoms with Gasteiger partial charge >= 0.3 is 0 Å². The minimum Gasteiger partial charge on any atom is -0.352 e. The van der Waals surface area contributed by atoms with Gasteiger partial charge in [-0.1, -0.05) is 37.3 Å². The number of aryl methyl sites for hydroxylation is 1. The van der Waals surface area contributed by atoms with Crippen molar-refractivity contribution in [3.05, 3.63) is 64.7 Å². The Labute approximate surface area is 171 Å². The van der Waals surface area contributed by atoms with E-state index >= 15 is 0 Å². The van der Waals surface area contributed by atoms with Gasteiger partial charge in [-0.05, 0) is 40.8 Å². The smallest absolute Gasteiger partial charge is 0.227 e. The number of rotatable bonds is 5. The molecule has 5 nitrogen and oxygen atoms in total. The number of hydrogen-bond acceptors (Lipinski definition) is 3. The molecule has 2 aromatic carbocycles. The molecule has 2 amide bonds. The van der Waals surface area contributed by atoms with E-state index in [2.05, 4.69) is 35.8 Å². The maximum atomic E-state index is 12.6. The molecule has 2 aliphatic heterocycles. The molecule has 1 saturated heterocycles. The third-order valence-corrected chi connectivity index (χ3v) is 5.52. The summed E-state index contributed by atoms with van der Waals surface area (Å²) in [5.74, 6) is -0.322. The Bertz CT molecular complexity index is 867. The molecule has 2 heterocycles. The molecule has 1 unspecified atom stereocenters. The van der Waals surface area contributed by atoms with E-state index in [4.69, 9.17) is 0 Å². The lowest BCUT2D eigenvalue weighted by Gasteiger charge is -2.17. The van der Waals surface area contributed by atoms with E-state index in [0.29, 0.717) is 13.1 Å². The molecule has 1 atom stereocenters. The fourth-order valence-electron chi connectivity index (χ4n) is 3.84. The van der Waals surface area contributed by atoms with Crippen LogP contribution in [0.5, 0.6) is 0 Å². The highest BCUT2D eigenvalue weighted by molar-refractivity contribution is 6.00. The Morgan fingerprint density at radius 3 is 2.57 bits per heavy atom. The zero-order valence-corrected chi connectivity index (χ0v) is 16.8. The van der Waals surface area contributed by atoms with Gasteiger partial charge in [-0.15, -0.1) is 12.4 Å². The summed E-state index contributed by atoms with van der Waals surface area (Å²) >= 11 is 0. The molecule has 0 spiro atoms. The van der Waals surface area contributed by atoms with Crippen molar-refractivity contribution in [2.45, 2.75) is 39.4 Å². The molecule has 6 heteroatoms. The number of nitrogens with one attached hydrogen (secondary N) is 2. The van der Waals surface area contributed by atoms with Gasteiger partial charge < -0.3 is 15.5 Å². The Morgan fingerprint density at radius 1 is 1.11 bits per heavy atom. The molecule has 4 rings (SSSR count). The first kappa shape index (κ1) is 20.4. The first-order chi connectivity index (χ1) is 13.1. The normalized spacial score (nSPS) is 18.0. The number of nitrogens with zero attached hydrogens (tertiary/aromatic N) is 1. The van der Waals surface area contributed by atoms with Crippen molar-refractivity contribution in [3.63, 3.8) is 0 Å². The lowest BCUT2D eigenvalue weighted by Crippen LogP contribution is -2.32. The zero-order valence-electron chi connectivity index (χ0n) is 16.0. The summed E-state index contributed by atoms with van der Waals surface area (Å²) in [6, 6.07) is 14.4. The van der Waals surface area contributed by atoms with Crippen LogP contribution in [0.2, 0.25) is 0 Å². The lowest BCUT2D eigenvalue weighted by atomic mass is 10.1. The van der Waals surface area contributed by atoms with Gasteiger partial charge in [0.1, 0.15) is 0 Å². The second-order valence-electron chi connectivity index (χ2n) is 7.35. The fourth-order valence-corrected chi connectivity index (χ4v) is 3.84. The number of hydrogen-bond donors (Lipinski definition) is 2. The first-order valence-corrected chi connectivity index (χ1v) is 9.62. The van der Waals surface area contributed by atoms with E-state index in [9.17, 15) is 9.59 Å². The van der Waals surface area contributed by atoms with Crippen molar-refractivity contribution in [3.8, 4) is 0 Å². The van der Waals surface area contributed by atoms with Crippen molar-refractivity contribution in [2.75, 3.05) is 11.4 Å². The number of amides is 2. The van der Waals surface area contributed by atoms with Crippen LogP contribution in [0.25, 0.3) is 0 Å². The van der Waals surface area contributed by atoms with Crippen LogP contribution < -0.4 is 15.5 Å². The Kier molecular flexibility index (Phi) is 6.37. The topological polar surface area (TPSA) is 61.4 Å². The van der Waals surface area contributed by atoms with Crippen molar-refractivity contribution < 1.29 is 9.59 Å². The number of fused-ring (bicyclic) bond motifs is 1. The summed E-state index contributed by atoms with van der Waals surface area (Å²) < 4.78 is 0. The predicted molar refractivity (Wildman–Crippen MR) is 112 cm³/mol. The molecule has 148 valence electrons. The van der Waals surface area contributed by atoms with Gasteiger partial charge in [0.05, 0.1) is 5.92 Å². The molecular weight excluding hydrogens is 374 g/mol. The van der Waals surface area contributed by atoms with E-state index in [1.165, 1.54) is 16.7 Å². The van der Waals surface area contributed by atoms with Gasteiger partial charge in [-0.25, -0.2) is 0 Å². The average Bonchev–Trinajstić information content (AvgIpc) is 3.32. The van der Waals surface area contributed by atoms with Gasteiger partial charge in [0.15, 0.2) is 0 Å². The SMILES string of the molecule is CCc1ccc(N2CC(C(=O)NCc3ccc4c(c3)CNC4)CC2=O)cc1.Cl. The van der Waals surface area contributed by atoms with Crippen LogP contribution in [-0.4, -0.2) is 18.4 Å². The van der Waals surface area contributed by atoms with Crippen LogP contribution in [0.4, 0.5) is 5.69 Å².